The van der Waals surface area contributed by atoms with Gasteiger partial charge in [0.15, 0.2) is 0 Å². The maximum atomic E-state index is 8.93. The first-order valence-electron chi connectivity index (χ1n) is 4.37. The zero-order valence-electron chi connectivity index (χ0n) is 7.45. The predicted molar refractivity (Wildman–Crippen MR) is 51.4 cm³/mol. The second-order valence-corrected chi connectivity index (χ2v) is 4.55. The van der Waals surface area contributed by atoms with Crippen LogP contribution in [-0.4, -0.2) is 11.0 Å². The molecule has 1 aromatic rings. The summed E-state index contributed by atoms with van der Waals surface area (Å²) in [5.74, 6) is 0. The fraction of sp³-hybridized carbons (Fsp3) is 0.556. The molecule has 1 fully saturated rings. The van der Waals surface area contributed by atoms with Crippen molar-refractivity contribution in [1.29, 1.82) is 5.26 Å². The third kappa shape index (κ3) is 2.06. The lowest BCUT2D eigenvalue weighted by Gasteiger charge is -2.06. The minimum Gasteiger partial charge on any atom is -0.295 e. The van der Waals surface area contributed by atoms with Gasteiger partial charge in [-0.05, 0) is 19.8 Å². The zero-order valence-corrected chi connectivity index (χ0v) is 8.27. The van der Waals surface area contributed by atoms with Crippen LogP contribution in [0.1, 0.15) is 28.8 Å². The van der Waals surface area contributed by atoms with E-state index in [1.54, 1.807) is 17.5 Å². The van der Waals surface area contributed by atoms with Gasteiger partial charge in [-0.25, -0.2) is 4.98 Å². The predicted octanol–water partition coefficient (Wildman–Crippen LogP) is 1.77. The van der Waals surface area contributed by atoms with E-state index in [2.05, 4.69) is 16.4 Å². The van der Waals surface area contributed by atoms with Crippen molar-refractivity contribution in [3.05, 3.63) is 16.1 Å². The van der Waals surface area contributed by atoms with Crippen LogP contribution in [-0.2, 0) is 0 Å². The van der Waals surface area contributed by atoms with Crippen LogP contribution in [0.4, 0.5) is 0 Å². The molecular formula is C9H11N3S. The summed E-state index contributed by atoms with van der Waals surface area (Å²) in [5, 5.41) is 13.2. The molecule has 0 aliphatic heterocycles. The Morgan fingerprint density at radius 1 is 1.77 bits per heavy atom. The van der Waals surface area contributed by atoms with E-state index in [-0.39, 0.29) is 6.04 Å². The number of rotatable bonds is 3. The largest absolute Gasteiger partial charge is 0.295 e. The van der Waals surface area contributed by atoms with Crippen molar-refractivity contribution in [3.63, 3.8) is 0 Å². The van der Waals surface area contributed by atoms with Crippen molar-refractivity contribution >= 4 is 11.3 Å². The lowest BCUT2D eigenvalue weighted by Crippen LogP contribution is -2.21. The SMILES string of the molecule is Cc1ncc(C(C#N)NC2CC2)s1. The van der Waals surface area contributed by atoms with Gasteiger partial charge in [0.25, 0.3) is 0 Å². The van der Waals surface area contributed by atoms with Crippen LogP contribution in [0.2, 0.25) is 0 Å². The number of aryl methyl sites for hydroxylation is 1. The molecule has 0 amide bonds. The fourth-order valence-electron chi connectivity index (χ4n) is 1.18. The molecule has 0 saturated heterocycles. The minimum absolute atomic E-state index is 0.154. The van der Waals surface area contributed by atoms with E-state index >= 15 is 0 Å². The van der Waals surface area contributed by atoms with Crippen molar-refractivity contribution in [1.82, 2.24) is 10.3 Å². The highest BCUT2D eigenvalue weighted by Crippen LogP contribution is 2.26. The van der Waals surface area contributed by atoms with Gasteiger partial charge in [-0.15, -0.1) is 11.3 Å². The molecule has 1 aliphatic carbocycles. The molecule has 1 aliphatic rings. The van der Waals surface area contributed by atoms with E-state index in [0.717, 1.165) is 9.88 Å². The van der Waals surface area contributed by atoms with Crippen LogP contribution in [0.25, 0.3) is 0 Å². The third-order valence-electron chi connectivity index (χ3n) is 2.03. The van der Waals surface area contributed by atoms with Gasteiger partial charge in [0.1, 0.15) is 6.04 Å². The van der Waals surface area contributed by atoms with E-state index < -0.39 is 0 Å². The summed E-state index contributed by atoms with van der Waals surface area (Å²) in [7, 11) is 0. The van der Waals surface area contributed by atoms with Crippen molar-refractivity contribution < 1.29 is 0 Å². The van der Waals surface area contributed by atoms with Gasteiger partial charge < -0.3 is 0 Å². The average molecular weight is 193 g/mol. The van der Waals surface area contributed by atoms with E-state index in [9.17, 15) is 0 Å². The van der Waals surface area contributed by atoms with Gasteiger partial charge in [0.2, 0.25) is 0 Å². The summed E-state index contributed by atoms with van der Waals surface area (Å²) in [6.45, 7) is 1.96. The Morgan fingerprint density at radius 2 is 2.54 bits per heavy atom. The number of nitrogens with one attached hydrogen (secondary N) is 1. The maximum absolute atomic E-state index is 8.93. The summed E-state index contributed by atoms with van der Waals surface area (Å²) < 4.78 is 0. The first kappa shape index (κ1) is 8.67. The molecule has 1 heterocycles. The molecule has 0 radical (unpaired) electrons. The van der Waals surface area contributed by atoms with Gasteiger partial charge in [-0.1, -0.05) is 0 Å². The molecular weight excluding hydrogens is 182 g/mol. The molecule has 1 aromatic heterocycles. The smallest absolute Gasteiger partial charge is 0.132 e. The number of nitrogens with zero attached hydrogens (tertiary/aromatic N) is 2. The van der Waals surface area contributed by atoms with Crippen LogP contribution in [0.5, 0.6) is 0 Å². The Balaban J connectivity index is 2.07. The minimum atomic E-state index is -0.154. The number of hydrogen-bond acceptors (Lipinski definition) is 4. The average Bonchev–Trinajstić information content (AvgIpc) is 2.84. The monoisotopic (exact) mass is 193 g/mol. The van der Waals surface area contributed by atoms with Crippen LogP contribution >= 0.6 is 11.3 Å². The lowest BCUT2D eigenvalue weighted by atomic mass is 10.3. The molecule has 4 heteroatoms. The molecule has 1 atom stereocenters. The summed E-state index contributed by atoms with van der Waals surface area (Å²) in [6, 6.07) is 2.67. The zero-order chi connectivity index (χ0) is 9.26. The summed E-state index contributed by atoms with van der Waals surface area (Å²) in [4.78, 5) is 5.17. The summed E-state index contributed by atoms with van der Waals surface area (Å²) in [6.07, 6.45) is 4.20. The van der Waals surface area contributed by atoms with Gasteiger partial charge in [0, 0.05) is 12.2 Å². The van der Waals surface area contributed by atoms with Crippen LogP contribution in [0.15, 0.2) is 6.20 Å². The molecule has 3 nitrogen and oxygen atoms in total. The molecule has 13 heavy (non-hydrogen) atoms. The van der Waals surface area contributed by atoms with Crippen molar-refractivity contribution in [3.8, 4) is 6.07 Å². The highest BCUT2D eigenvalue weighted by atomic mass is 32.1. The van der Waals surface area contributed by atoms with E-state index in [1.165, 1.54) is 12.8 Å². The summed E-state index contributed by atoms with van der Waals surface area (Å²) >= 11 is 1.59. The number of nitriles is 1. The highest BCUT2D eigenvalue weighted by molar-refractivity contribution is 7.11. The fourth-order valence-corrected chi connectivity index (χ4v) is 1.97. The second-order valence-electron chi connectivity index (χ2n) is 3.28. The Bertz CT molecular complexity index is 335. The molecule has 1 N–H and O–H groups in total. The van der Waals surface area contributed by atoms with Gasteiger partial charge in [-0.2, -0.15) is 5.26 Å². The van der Waals surface area contributed by atoms with Crippen molar-refractivity contribution in [2.75, 3.05) is 0 Å². The number of hydrogen-bond donors (Lipinski definition) is 1. The molecule has 0 aromatic carbocycles. The van der Waals surface area contributed by atoms with Gasteiger partial charge in [-0.3, -0.25) is 5.32 Å². The Labute approximate surface area is 81.4 Å². The van der Waals surface area contributed by atoms with Crippen LogP contribution in [0.3, 0.4) is 0 Å². The third-order valence-corrected chi connectivity index (χ3v) is 3.01. The van der Waals surface area contributed by atoms with Crippen molar-refractivity contribution in [2.45, 2.75) is 31.8 Å². The highest BCUT2D eigenvalue weighted by Gasteiger charge is 2.25. The molecule has 1 saturated carbocycles. The topological polar surface area (TPSA) is 48.7 Å². The summed E-state index contributed by atoms with van der Waals surface area (Å²) in [5.41, 5.74) is 0. The quantitative estimate of drug-likeness (QED) is 0.795. The lowest BCUT2D eigenvalue weighted by molar-refractivity contribution is 0.633. The normalized spacial score (nSPS) is 18.2. The van der Waals surface area contributed by atoms with Gasteiger partial charge in [0.05, 0.1) is 16.0 Å². The Hall–Kier alpha value is -0.920. The standard InChI is InChI=1S/C9H11N3S/c1-6-11-5-9(13-6)8(4-10)12-7-2-3-7/h5,7-8,12H,2-3H2,1H3. The number of thiazole rings is 1. The van der Waals surface area contributed by atoms with Crippen LogP contribution in [0, 0.1) is 18.3 Å². The molecule has 0 bridgehead atoms. The van der Waals surface area contributed by atoms with E-state index in [0.29, 0.717) is 6.04 Å². The second kappa shape index (κ2) is 3.44. The van der Waals surface area contributed by atoms with E-state index in [4.69, 9.17) is 5.26 Å². The molecule has 0 spiro atoms. The Kier molecular flexibility index (Phi) is 2.30. The van der Waals surface area contributed by atoms with Crippen LogP contribution < -0.4 is 5.32 Å². The first-order valence-corrected chi connectivity index (χ1v) is 5.19. The molecule has 1 unspecified atom stereocenters. The molecule has 68 valence electrons. The first-order chi connectivity index (χ1) is 6.29. The maximum Gasteiger partial charge on any atom is 0.132 e. The van der Waals surface area contributed by atoms with Gasteiger partial charge >= 0.3 is 0 Å². The molecule has 2 rings (SSSR count). The van der Waals surface area contributed by atoms with Crippen molar-refractivity contribution in [2.24, 2.45) is 0 Å². The Morgan fingerprint density at radius 3 is 3.00 bits per heavy atom. The van der Waals surface area contributed by atoms with E-state index in [1.807, 2.05) is 6.92 Å². The number of aromatic nitrogens is 1.